The summed E-state index contributed by atoms with van der Waals surface area (Å²) in [6.45, 7) is 6.34. The topological polar surface area (TPSA) is 92.1 Å². The highest BCUT2D eigenvalue weighted by molar-refractivity contribution is 8.28. The molecule has 1 unspecified atom stereocenters. The molecule has 0 fully saturated rings. The van der Waals surface area contributed by atoms with Crippen molar-refractivity contribution in [2.75, 3.05) is 5.75 Å². The largest absolute Gasteiger partial charge is 0.379 e. The third-order valence-corrected chi connectivity index (χ3v) is 6.43. The van der Waals surface area contributed by atoms with Crippen LogP contribution in [-0.2, 0) is 4.79 Å². The summed E-state index contributed by atoms with van der Waals surface area (Å²) in [5.41, 5.74) is 8.21. The molecule has 1 aliphatic heterocycles. The van der Waals surface area contributed by atoms with Gasteiger partial charge < -0.3 is 5.73 Å². The van der Waals surface area contributed by atoms with E-state index in [2.05, 4.69) is 36.8 Å². The van der Waals surface area contributed by atoms with Gasteiger partial charge in [-0.2, -0.15) is 10.3 Å². The predicted octanol–water partition coefficient (Wildman–Crippen LogP) is 3.27. The summed E-state index contributed by atoms with van der Waals surface area (Å²) in [6, 6.07) is 8.14. The first-order valence-electron chi connectivity index (χ1n) is 7.70. The molecule has 0 saturated carbocycles. The SMILES string of the molecule is CC(C)(C)Sc1c(C#N)cnc2ccc(/C=S3/CC(=O)N=C3N)cc12. The van der Waals surface area contributed by atoms with E-state index in [0.29, 0.717) is 16.5 Å². The number of pyridine rings is 1. The fourth-order valence-electron chi connectivity index (χ4n) is 2.44. The second kappa shape index (κ2) is 6.62. The number of aromatic nitrogens is 1. The Hall–Kier alpha value is -2.17. The van der Waals surface area contributed by atoms with Crippen LogP contribution in [0.1, 0.15) is 31.9 Å². The Kier molecular flexibility index (Phi) is 4.67. The molecular formula is C18H18N4OS2. The monoisotopic (exact) mass is 370 g/mol. The van der Waals surface area contributed by atoms with Gasteiger partial charge in [-0.25, -0.2) is 0 Å². The van der Waals surface area contributed by atoms with E-state index in [4.69, 9.17) is 5.73 Å². The highest BCUT2D eigenvalue weighted by atomic mass is 32.2. The van der Waals surface area contributed by atoms with Gasteiger partial charge in [0.1, 0.15) is 6.07 Å². The molecule has 25 heavy (non-hydrogen) atoms. The van der Waals surface area contributed by atoms with Crippen molar-refractivity contribution < 1.29 is 4.79 Å². The standard InChI is InChI=1S/C18H18N4OS2/c1-18(2,3)24-16-12(7-19)8-21-14-5-4-11(6-13(14)16)9-25-10-15(23)22-17(25)20/h4-6,8-9H,10H2,1-3H3,(H2,20,22,23). The summed E-state index contributed by atoms with van der Waals surface area (Å²) >= 11 is 1.66. The zero-order valence-electron chi connectivity index (χ0n) is 14.2. The summed E-state index contributed by atoms with van der Waals surface area (Å²) in [6.07, 6.45) is 1.63. The number of aliphatic imine (C=N–C) groups is 1. The second-order valence-corrected chi connectivity index (χ2v) is 10.3. The summed E-state index contributed by atoms with van der Waals surface area (Å²) in [5, 5.41) is 12.8. The quantitative estimate of drug-likeness (QED) is 0.647. The van der Waals surface area contributed by atoms with Crippen LogP contribution in [0.25, 0.3) is 10.9 Å². The molecule has 0 saturated heterocycles. The number of amides is 1. The number of nitrogens with zero attached hydrogens (tertiary/aromatic N) is 3. The van der Waals surface area contributed by atoms with Crippen LogP contribution in [0.15, 0.2) is 34.3 Å². The van der Waals surface area contributed by atoms with E-state index >= 15 is 0 Å². The van der Waals surface area contributed by atoms with Crippen LogP contribution in [0.2, 0.25) is 0 Å². The van der Waals surface area contributed by atoms with Crippen LogP contribution in [0.4, 0.5) is 0 Å². The number of amidine groups is 1. The fourth-order valence-corrected chi connectivity index (χ4v) is 4.91. The number of nitriles is 1. The molecule has 128 valence electrons. The Labute approximate surface area is 153 Å². The van der Waals surface area contributed by atoms with E-state index < -0.39 is 10.5 Å². The number of rotatable bonds is 2. The van der Waals surface area contributed by atoms with Crippen molar-refractivity contribution in [2.45, 2.75) is 30.4 Å². The minimum Gasteiger partial charge on any atom is -0.379 e. The van der Waals surface area contributed by atoms with Crippen LogP contribution in [0.5, 0.6) is 0 Å². The van der Waals surface area contributed by atoms with Gasteiger partial charge in [-0.1, -0.05) is 26.8 Å². The maximum atomic E-state index is 11.4. The van der Waals surface area contributed by atoms with E-state index in [1.54, 1.807) is 18.0 Å². The molecule has 0 spiro atoms. The van der Waals surface area contributed by atoms with E-state index in [-0.39, 0.29) is 10.7 Å². The van der Waals surface area contributed by atoms with E-state index in [9.17, 15) is 10.1 Å². The molecule has 2 N–H and O–H groups in total. The van der Waals surface area contributed by atoms with Gasteiger partial charge >= 0.3 is 0 Å². The highest BCUT2D eigenvalue weighted by Gasteiger charge is 2.19. The second-order valence-electron chi connectivity index (χ2n) is 6.64. The molecule has 1 aromatic carbocycles. The Bertz CT molecular complexity index is 981. The maximum Gasteiger partial charge on any atom is 0.258 e. The summed E-state index contributed by atoms with van der Waals surface area (Å²) < 4.78 is -0.0314. The first kappa shape index (κ1) is 17.6. The predicted molar refractivity (Wildman–Crippen MR) is 106 cm³/mol. The summed E-state index contributed by atoms with van der Waals surface area (Å²) in [5.74, 6) is 0.166. The Morgan fingerprint density at radius 1 is 1.40 bits per heavy atom. The van der Waals surface area contributed by atoms with Crippen molar-refractivity contribution in [3.8, 4) is 6.07 Å². The molecule has 0 radical (unpaired) electrons. The molecule has 0 aliphatic carbocycles. The number of nitrogens with two attached hydrogens (primary N) is 1. The van der Waals surface area contributed by atoms with Gasteiger partial charge in [-0.05, 0) is 23.1 Å². The minimum absolute atomic E-state index is 0.0314. The van der Waals surface area contributed by atoms with Crippen molar-refractivity contribution in [1.82, 2.24) is 4.98 Å². The first-order chi connectivity index (χ1) is 11.8. The number of thioether (sulfide) groups is 1. The van der Waals surface area contributed by atoms with Crippen molar-refractivity contribution >= 4 is 49.6 Å². The molecule has 1 amide bonds. The summed E-state index contributed by atoms with van der Waals surface area (Å²) in [7, 11) is -0.468. The van der Waals surface area contributed by atoms with Gasteiger partial charge in [-0.3, -0.25) is 9.78 Å². The number of hydrogen-bond donors (Lipinski definition) is 1. The number of fused-ring (bicyclic) bond motifs is 1. The maximum absolute atomic E-state index is 11.4. The van der Waals surface area contributed by atoms with Crippen molar-refractivity contribution in [3.05, 3.63) is 35.5 Å². The van der Waals surface area contributed by atoms with Crippen LogP contribution in [0.3, 0.4) is 0 Å². The average molecular weight is 371 g/mol. The molecule has 2 heterocycles. The Morgan fingerprint density at radius 2 is 2.16 bits per heavy atom. The van der Waals surface area contributed by atoms with Gasteiger partial charge in [-0.15, -0.1) is 22.2 Å². The van der Waals surface area contributed by atoms with E-state index in [1.165, 1.54) is 0 Å². The zero-order valence-corrected chi connectivity index (χ0v) is 15.9. The van der Waals surface area contributed by atoms with E-state index in [0.717, 1.165) is 21.4 Å². The fraction of sp³-hybridized carbons (Fsp3) is 0.278. The lowest BCUT2D eigenvalue weighted by atomic mass is 10.1. The number of hydrogen-bond acceptors (Lipinski definition) is 5. The summed E-state index contributed by atoms with van der Waals surface area (Å²) in [4.78, 5) is 20.6. The smallest absolute Gasteiger partial charge is 0.258 e. The minimum atomic E-state index is -0.468. The third kappa shape index (κ3) is 3.91. The Morgan fingerprint density at radius 3 is 2.76 bits per heavy atom. The molecule has 0 bridgehead atoms. The van der Waals surface area contributed by atoms with Gasteiger partial charge in [0.2, 0.25) is 0 Å². The molecule has 1 aliphatic rings. The zero-order chi connectivity index (χ0) is 18.2. The number of carbonyl (C=O) groups is 1. The molecule has 2 aromatic rings. The molecule has 1 aromatic heterocycles. The highest BCUT2D eigenvalue weighted by Crippen LogP contribution is 2.38. The van der Waals surface area contributed by atoms with Crippen LogP contribution in [-0.4, -0.2) is 31.9 Å². The van der Waals surface area contributed by atoms with Crippen LogP contribution < -0.4 is 5.73 Å². The average Bonchev–Trinajstić information content (AvgIpc) is 2.84. The molecule has 7 heteroatoms. The lowest BCUT2D eigenvalue weighted by molar-refractivity contribution is -0.115. The van der Waals surface area contributed by atoms with Gasteiger partial charge in [0.05, 0.1) is 16.8 Å². The van der Waals surface area contributed by atoms with Crippen LogP contribution in [0, 0.1) is 11.3 Å². The van der Waals surface area contributed by atoms with Crippen LogP contribution >= 0.6 is 22.2 Å². The molecular weight excluding hydrogens is 352 g/mol. The van der Waals surface area contributed by atoms with Crippen molar-refractivity contribution in [2.24, 2.45) is 10.7 Å². The first-order valence-corrected chi connectivity index (χ1v) is 9.97. The molecule has 1 atom stereocenters. The molecule has 5 nitrogen and oxygen atoms in total. The van der Waals surface area contributed by atoms with Gasteiger partial charge in [0.15, 0.2) is 5.17 Å². The molecule has 3 rings (SSSR count). The third-order valence-electron chi connectivity index (χ3n) is 3.43. The number of benzene rings is 1. The van der Waals surface area contributed by atoms with E-state index in [1.807, 2.05) is 23.6 Å². The lowest BCUT2D eigenvalue weighted by Gasteiger charge is -2.19. The van der Waals surface area contributed by atoms with Gasteiger partial charge in [0, 0.05) is 21.2 Å². The normalized spacial score (nSPS) is 17.8. The van der Waals surface area contributed by atoms with Crippen molar-refractivity contribution in [1.29, 1.82) is 5.26 Å². The van der Waals surface area contributed by atoms with Crippen molar-refractivity contribution in [3.63, 3.8) is 0 Å². The Balaban J connectivity index is 2.14. The van der Waals surface area contributed by atoms with Gasteiger partial charge in [0.25, 0.3) is 5.91 Å². The lowest BCUT2D eigenvalue weighted by Crippen LogP contribution is -2.08. The number of carbonyl (C=O) groups excluding carboxylic acids is 1.